The summed E-state index contributed by atoms with van der Waals surface area (Å²) >= 11 is 0. The predicted octanol–water partition coefficient (Wildman–Crippen LogP) is 0.572. The monoisotopic (exact) mass is 187 g/mol. The Balaban J connectivity index is 2.20. The highest BCUT2D eigenvalue weighted by Gasteiger charge is 2.17. The van der Waals surface area contributed by atoms with Gasteiger partial charge in [-0.05, 0) is 13.3 Å². The Morgan fingerprint density at radius 2 is 2.15 bits per heavy atom. The molecule has 1 rings (SSSR count). The second kappa shape index (κ2) is 5.19. The Morgan fingerprint density at radius 1 is 1.54 bits per heavy atom. The van der Waals surface area contributed by atoms with E-state index in [1.165, 1.54) is 0 Å². The standard InChI is InChI=1S/C9H17NO3/c1-8(2-3-9(11)12)10-4-6-13-7-5-10/h8H,2-7H2,1H3,(H,11,12)/t8-/m1/s1. The van der Waals surface area contributed by atoms with Gasteiger partial charge in [-0.1, -0.05) is 0 Å². The fourth-order valence-electron chi connectivity index (χ4n) is 1.53. The van der Waals surface area contributed by atoms with Crippen LogP contribution in [0.5, 0.6) is 0 Å². The number of aliphatic carboxylic acids is 1. The SMILES string of the molecule is C[C@H](CCC(=O)O)N1CCOCC1. The van der Waals surface area contributed by atoms with E-state index in [4.69, 9.17) is 9.84 Å². The Labute approximate surface area is 78.5 Å². The first-order valence-electron chi connectivity index (χ1n) is 4.73. The van der Waals surface area contributed by atoms with Gasteiger partial charge in [0.2, 0.25) is 0 Å². The minimum Gasteiger partial charge on any atom is -0.481 e. The molecule has 1 N–H and O–H groups in total. The number of carbonyl (C=O) groups is 1. The molecule has 0 aromatic carbocycles. The molecule has 1 aliphatic heterocycles. The first kappa shape index (κ1) is 10.5. The molecule has 76 valence electrons. The molecular formula is C9H17NO3. The predicted molar refractivity (Wildman–Crippen MR) is 48.7 cm³/mol. The summed E-state index contributed by atoms with van der Waals surface area (Å²) in [4.78, 5) is 12.6. The van der Waals surface area contributed by atoms with Gasteiger partial charge in [-0.3, -0.25) is 9.69 Å². The lowest BCUT2D eigenvalue weighted by atomic mass is 10.1. The number of nitrogens with zero attached hydrogens (tertiary/aromatic N) is 1. The summed E-state index contributed by atoms with van der Waals surface area (Å²) < 4.78 is 5.22. The normalized spacial score (nSPS) is 21.3. The summed E-state index contributed by atoms with van der Waals surface area (Å²) in [7, 11) is 0. The molecule has 4 heteroatoms. The van der Waals surface area contributed by atoms with Crippen LogP contribution in [0.15, 0.2) is 0 Å². The van der Waals surface area contributed by atoms with Gasteiger partial charge in [0.1, 0.15) is 0 Å². The van der Waals surface area contributed by atoms with Crippen LogP contribution in [0.3, 0.4) is 0 Å². The second-order valence-corrected chi connectivity index (χ2v) is 3.43. The molecule has 0 aromatic rings. The molecule has 1 fully saturated rings. The summed E-state index contributed by atoms with van der Waals surface area (Å²) in [6, 6.07) is 0.361. The molecule has 13 heavy (non-hydrogen) atoms. The largest absolute Gasteiger partial charge is 0.481 e. The van der Waals surface area contributed by atoms with Gasteiger partial charge >= 0.3 is 5.97 Å². The van der Waals surface area contributed by atoms with E-state index < -0.39 is 5.97 Å². The zero-order chi connectivity index (χ0) is 9.68. The lowest BCUT2D eigenvalue weighted by Gasteiger charge is -2.31. The van der Waals surface area contributed by atoms with Gasteiger partial charge in [-0.2, -0.15) is 0 Å². The van der Waals surface area contributed by atoms with Crippen molar-refractivity contribution in [3.05, 3.63) is 0 Å². The van der Waals surface area contributed by atoms with Crippen molar-refractivity contribution in [2.24, 2.45) is 0 Å². The second-order valence-electron chi connectivity index (χ2n) is 3.43. The van der Waals surface area contributed by atoms with Crippen molar-refractivity contribution in [2.75, 3.05) is 26.3 Å². The highest BCUT2D eigenvalue weighted by Crippen LogP contribution is 2.08. The Bertz CT molecular complexity index is 166. The van der Waals surface area contributed by atoms with Crippen LogP contribution in [0.25, 0.3) is 0 Å². The van der Waals surface area contributed by atoms with Crippen molar-refractivity contribution in [1.82, 2.24) is 4.90 Å². The molecule has 0 radical (unpaired) electrons. The Hall–Kier alpha value is -0.610. The summed E-state index contributed by atoms with van der Waals surface area (Å²) in [5.41, 5.74) is 0. The van der Waals surface area contributed by atoms with E-state index in [2.05, 4.69) is 11.8 Å². The van der Waals surface area contributed by atoms with Gasteiger partial charge in [-0.15, -0.1) is 0 Å². The number of carboxylic acid groups (broad SMARTS) is 1. The van der Waals surface area contributed by atoms with Crippen LogP contribution >= 0.6 is 0 Å². The molecule has 4 nitrogen and oxygen atoms in total. The Morgan fingerprint density at radius 3 is 2.69 bits per heavy atom. The van der Waals surface area contributed by atoms with E-state index >= 15 is 0 Å². The van der Waals surface area contributed by atoms with Gasteiger partial charge < -0.3 is 9.84 Å². The molecule has 0 spiro atoms. The maximum absolute atomic E-state index is 10.3. The van der Waals surface area contributed by atoms with Crippen LogP contribution in [-0.4, -0.2) is 48.3 Å². The maximum Gasteiger partial charge on any atom is 0.303 e. The van der Waals surface area contributed by atoms with Crippen LogP contribution in [0.2, 0.25) is 0 Å². The first-order chi connectivity index (χ1) is 6.20. The van der Waals surface area contributed by atoms with Crippen molar-refractivity contribution in [2.45, 2.75) is 25.8 Å². The fraction of sp³-hybridized carbons (Fsp3) is 0.889. The van der Waals surface area contributed by atoms with Crippen LogP contribution in [-0.2, 0) is 9.53 Å². The minimum atomic E-state index is -0.708. The first-order valence-corrected chi connectivity index (χ1v) is 4.73. The van der Waals surface area contributed by atoms with Crippen molar-refractivity contribution in [1.29, 1.82) is 0 Å². The van der Waals surface area contributed by atoms with Crippen molar-refractivity contribution >= 4 is 5.97 Å². The van der Waals surface area contributed by atoms with E-state index in [0.717, 1.165) is 32.7 Å². The third-order valence-electron chi connectivity index (χ3n) is 2.45. The molecule has 1 saturated heterocycles. The van der Waals surface area contributed by atoms with E-state index in [1.807, 2.05) is 0 Å². The highest BCUT2D eigenvalue weighted by atomic mass is 16.5. The zero-order valence-electron chi connectivity index (χ0n) is 8.03. The van der Waals surface area contributed by atoms with E-state index in [0.29, 0.717) is 6.04 Å². The summed E-state index contributed by atoms with van der Waals surface area (Å²) in [5, 5.41) is 8.52. The van der Waals surface area contributed by atoms with Crippen LogP contribution < -0.4 is 0 Å². The number of carboxylic acids is 1. The van der Waals surface area contributed by atoms with Gasteiger partial charge in [0.15, 0.2) is 0 Å². The average molecular weight is 187 g/mol. The summed E-state index contributed by atoms with van der Waals surface area (Å²) in [5.74, 6) is -0.708. The molecule has 0 saturated carbocycles. The van der Waals surface area contributed by atoms with Crippen LogP contribution in [0, 0.1) is 0 Å². The van der Waals surface area contributed by atoms with Crippen molar-refractivity contribution in [3.8, 4) is 0 Å². The quantitative estimate of drug-likeness (QED) is 0.699. The summed E-state index contributed by atoms with van der Waals surface area (Å²) in [6.45, 7) is 5.49. The van der Waals surface area contributed by atoms with Crippen molar-refractivity contribution < 1.29 is 14.6 Å². The van der Waals surface area contributed by atoms with Crippen molar-refractivity contribution in [3.63, 3.8) is 0 Å². The topological polar surface area (TPSA) is 49.8 Å². The van der Waals surface area contributed by atoms with Gasteiger partial charge in [0.25, 0.3) is 0 Å². The number of hydrogen-bond acceptors (Lipinski definition) is 3. The summed E-state index contributed by atoms with van der Waals surface area (Å²) in [6.07, 6.45) is 0.994. The zero-order valence-corrected chi connectivity index (χ0v) is 8.03. The number of hydrogen-bond donors (Lipinski definition) is 1. The fourth-order valence-corrected chi connectivity index (χ4v) is 1.53. The highest BCUT2D eigenvalue weighted by molar-refractivity contribution is 5.66. The number of ether oxygens (including phenoxy) is 1. The number of morpholine rings is 1. The molecule has 0 unspecified atom stereocenters. The molecule has 0 bridgehead atoms. The third kappa shape index (κ3) is 3.74. The molecule has 0 aliphatic carbocycles. The van der Waals surface area contributed by atoms with Gasteiger partial charge in [0.05, 0.1) is 13.2 Å². The number of rotatable bonds is 4. The van der Waals surface area contributed by atoms with Crippen LogP contribution in [0.4, 0.5) is 0 Å². The molecule has 0 amide bonds. The molecule has 0 aromatic heterocycles. The van der Waals surface area contributed by atoms with E-state index in [9.17, 15) is 4.79 Å². The van der Waals surface area contributed by atoms with Gasteiger partial charge in [-0.25, -0.2) is 0 Å². The molecular weight excluding hydrogens is 170 g/mol. The lowest BCUT2D eigenvalue weighted by Crippen LogP contribution is -2.42. The minimum absolute atomic E-state index is 0.262. The maximum atomic E-state index is 10.3. The smallest absolute Gasteiger partial charge is 0.303 e. The van der Waals surface area contributed by atoms with Crippen LogP contribution in [0.1, 0.15) is 19.8 Å². The van der Waals surface area contributed by atoms with Gasteiger partial charge in [0, 0.05) is 25.6 Å². The van der Waals surface area contributed by atoms with E-state index in [1.54, 1.807) is 0 Å². The molecule has 1 aliphatic rings. The van der Waals surface area contributed by atoms with E-state index in [-0.39, 0.29) is 6.42 Å². The Kier molecular flexibility index (Phi) is 4.18. The lowest BCUT2D eigenvalue weighted by molar-refractivity contribution is -0.137. The average Bonchev–Trinajstić information content (AvgIpc) is 2.15. The molecule has 1 heterocycles. The third-order valence-corrected chi connectivity index (χ3v) is 2.45. The molecule has 1 atom stereocenters.